The van der Waals surface area contributed by atoms with Gasteiger partial charge in [0.1, 0.15) is 0 Å². The minimum atomic E-state index is 0.953. The molecule has 2 heteroatoms. The van der Waals surface area contributed by atoms with Crippen molar-refractivity contribution >= 4 is 10.8 Å². The normalized spacial score (nSPS) is 11.0. The molecule has 0 atom stereocenters. The summed E-state index contributed by atoms with van der Waals surface area (Å²) in [5, 5.41) is 2.47. The van der Waals surface area contributed by atoms with Crippen LogP contribution < -0.4 is 0 Å². The Labute approximate surface area is 269 Å². The minimum absolute atomic E-state index is 0.953. The molecule has 0 spiro atoms. The first-order valence-corrected chi connectivity index (χ1v) is 15.6. The van der Waals surface area contributed by atoms with Crippen molar-refractivity contribution in [3.63, 3.8) is 0 Å². The van der Waals surface area contributed by atoms with Gasteiger partial charge in [-0.15, -0.1) is 0 Å². The molecule has 46 heavy (non-hydrogen) atoms. The lowest BCUT2D eigenvalue weighted by molar-refractivity contribution is 1.32. The van der Waals surface area contributed by atoms with Crippen LogP contribution in [0.3, 0.4) is 0 Å². The SMILES string of the molecule is c1ccc(-c2cc(-c3cc(-c4ccc(-c5ccccn5)cc4)cc(-c4cccc5ccccc45)c3)cc(-c3ccccc3)n2)cc1. The largest absolute Gasteiger partial charge is 0.256 e. The van der Waals surface area contributed by atoms with Crippen LogP contribution in [0.4, 0.5) is 0 Å². The minimum Gasteiger partial charge on any atom is -0.256 e. The van der Waals surface area contributed by atoms with Crippen molar-refractivity contribution in [2.45, 2.75) is 0 Å². The van der Waals surface area contributed by atoms with Crippen molar-refractivity contribution in [3.8, 4) is 67.2 Å². The highest BCUT2D eigenvalue weighted by Gasteiger charge is 2.13. The van der Waals surface area contributed by atoms with E-state index in [4.69, 9.17) is 4.98 Å². The molecule has 0 amide bonds. The first-order valence-electron chi connectivity index (χ1n) is 15.6. The summed E-state index contributed by atoms with van der Waals surface area (Å²) in [5.41, 5.74) is 13.1. The fourth-order valence-corrected chi connectivity index (χ4v) is 6.17. The van der Waals surface area contributed by atoms with E-state index in [1.54, 1.807) is 0 Å². The molecule has 8 rings (SSSR count). The molecule has 2 nitrogen and oxygen atoms in total. The van der Waals surface area contributed by atoms with E-state index in [9.17, 15) is 0 Å². The first kappa shape index (κ1) is 27.4. The zero-order valence-corrected chi connectivity index (χ0v) is 25.2. The van der Waals surface area contributed by atoms with Crippen LogP contribution in [0.1, 0.15) is 0 Å². The van der Waals surface area contributed by atoms with Crippen molar-refractivity contribution < 1.29 is 0 Å². The number of hydrogen-bond acceptors (Lipinski definition) is 2. The molecular weight excluding hydrogens is 556 g/mol. The fraction of sp³-hybridized carbons (Fsp3) is 0. The molecule has 216 valence electrons. The summed E-state index contributed by atoms with van der Waals surface area (Å²) in [4.78, 5) is 9.68. The van der Waals surface area contributed by atoms with E-state index in [0.717, 1.165) is 56.0 Å². The second-order valence-electron chi connectivity index (χ2n) is 11.5. The maximum absolute atomic E-state index is 5.13. The summed E-state index contributed by atoms with van der Waals surface area (Å²) in [5.74, 6) is 0. The van der Waals surface area contributed by atoms with Gasteiger partial charge >= 0.3 is 0 Å². The number of hydrogen-bond donors (Lipinski definition) is 0. The Balaban J connectivity index is 1.34. The molecule has 0 fully saturated rings. The Bertz CT molecular complexity index is 2210. The van der Waals surface area contributed by atoms with Crippen molar-refractivity contribution in [1.29, 1.82) is 0 Å². The van der Waals surface area contributed by atoms with Crippen molar-refractivity contribution in [1.82, 2.24) is 9.97 Å². The Hall–Kier alpha value is -6.12. The Morgan fingerprint density at radius 2 is 0.826 bits per heavy atom. The molecular formula is C44H30N2. The molecule has 0 radical (unpaired) electrons. The van der Waals surface area contributed by atoms with E-state index in [2.05, 4.69) is 151 Å². The highest BCUT2D eigenvalue weighted by molar-refractivity contribution is 5.98. The van der Waals surface area contributed by atoms with E-state index in [-0.39, 0.29) is 0 Å². The van der Waals surface area contributed by atoms with E-state index in [1.165, 1.54) is 21.9 Å². The number of aromatic nitrogens is 2. The Morgan fingerprint density at radius 1 is 0.304 bits per heavy atom. The second-order valence-corrected chi connectivity index (χ2v) is 11.5. The van der Waals surface area contributed by atoms with Crippen molar-refractivity contribution in [2.75, 3.05) is 0 Å². The second kappa shape index (κ2) is 12.1. The summed E-state index contributed by atoms with van der Waals surface area (Å²) < 4.78 is 0. The van der Waals surface area contributed by atoms with Crippen LogP contribution in [-0.2, 0) is 0 Å². The zero-order chi connectivity index (χ0) is 30.7. The van der Waals surface area contributed by atoms with Crippen LogP contribution in [0.2, 0.25) is 0 Å². The molecule has 0 saturated heterocycles. The van der Waals surface area contributed by atoms with Crippen molar-refractivity contribution in [2.24, 2.45) is 0 Å². The molecule has 0 aliphatic rings. The number of rotatable bonds is 6. The van der Waals surface area contributed by atoms with Gasteiger partial charge < -0.3 is 0 Å². The average molecular weight is 587 g/mol. The highest BCUT2D eigenvalue weighted by atomic mass is 14.7. The molecule has 2 heterocycles. The smallest absolute Gasteiger partial charge is 0.0715 e. The lowest BCUT2D eigenvalue weighted by Gasteiger charge is -2.15. The number of nitrogens with zero attached hydrogens (tertiary/aromatic N) is 2. The van der Waals surface area contributed by atoms with Gasteiger partial charge in [-0.1, -0.05) is 133 Å². The standard InChI is InChI=1S/C44H30N2/c1-3-13-33(14-4-1)43-29-38(30-44(46-43)34-15-5-2-6-16-34)37-26-36(31-21-23-35(24-22-31)42-20-9-10-25-45-42)27-39(28-37)41-19-11-17-32-12-7-8-18-40(32)41/h1-30H. The molecule has 0 N–H and O–H groups in total. The highest BCUT2D eigenvalue weighted by Crippen LogP contribution is 2.38. The van der Waals surface area contributed by atoms with Crippen LogP contribution >= 0.6 is 0 Å². The predicted molar refractivity (Wildman–Crippen MR) is 192 cm³/mol. The van der Waals surface area contributed by atoms with Gasteiger partial charge in [-0.3, -0.25) is 4.98 Å². The summed E-state index contributed by atoms with van der Waals surface area (Å²) >= 11 is 0. The monoisotopic (exact) mass is 586 g/mol. The van der Waals surface area contributed by atoms with Crippen molar-refractivity contribution in [3.05, 3.63) is 182 Å². The molecule has 0 aliphatic heterocycles. The number of pyridine rings is 2. The lowest BCUT2D eigenvalue weighted by atomic mass is 9.90. The van der Waals surface area contributed by atoms with Crippen LogP contribution in [0.15, 0.2) is 182 Å². The lowest BCUT2D eigenvalue weighted by Crippen LogP contribution is -1.92. The van der Waals surface area contributed by atoms with Gasteiger partial charge in [-0.2, -0.15) is 0 Å². The zero-order valence-electron chi connectivity index (χ0n) is 25.2. The van der Waals surface area contributed by atoms with Gasteiger partial charge in [0.25, 0.3) is 0 Å². The topological polar surface area (TPSA) is 25.8 Å². The molecule has 0 saturated carbocycles. The average Bonchev–Trinajstić information content (AvgIpc) is 3.15. The predicted octanol–water partition coefficient (Wildman–Crippen LogP) is 11.6. The molecule has 0 aliphatic carbocycles. The summed E-state index contributed by atoms with van der Waals surface area (Å²) in [6.45, 7) is 0. The molecule has 0 bridgehead atoms. The van der Waals surface area contributed by atoms with Crippen LogP contribution in [0.5, 0.6) is 0 Å². The van der Waals surface area contributed by atoms with E-state index in [1.807, 2.05) is 36.5 Å². The van der Waals surface area contributed by atoms with Crippen LogP contribution in [0.25, 0.3) is 77.9 Å². The van der Waals surface area contributed by atoms with E-state index >= 15 is 0 Å². The number of fused-ring (bicyclic) bond motifs is 1. The van der Waals surface area contributed by atoms with E-state index in [0.29, 0.717) is 0 Å². The van der Waals surface area contributed by atoms with E-state index < -0.39 is 0 Å². The molecule has 0 unspecified atom stereocenters. The number of benzene rings is 6. The van der Waals surface area contributed by atoms with Crippen LogP contribution in [-0.4, -0.2) is 9.97 Å². The first-order chi connectivity index (χ1) is 22.8. The molecule has 2 aromatic heterocycles. The summed E-state index contributed by atoms with van der Waals surface area (Å²) in [6, 6.07) is 62.2. The van der Waals surface area contributed by atoms with Gasteiger partial charge in [0.05, 0.1) is 17.1 Å². The summed E-state index contributed by atoms with van der Waals surface area (Å²) in [6.07, 6.45) is 1.84. The van der Waals surface area contributed by atoms with Gasteiger partial charge in [-0.25, -0.2) is 4.98 Å². The maximum Gasteiger partial charge on any atom is 0.0715 e. The van der Waals surface area contributed by atoms with Crippen LogP contribution in [0, 0.1) is 0 Å². The Morgan fingerprint density at radius 3 is 1.50 bits per heavy atom. The maximum atomic E-state index is 5.13. The summed E-state index contributed by atoms with van der Waals surface area (Å²) in [7, 11) is 0. The van der Waals surface area contributed by atoms with Gasteiger partial charge in [0.2, 0.25) is 0 Å². The van der Waals surface area contributed by atoms with Gasteiger partial charge in [-0.05, 0) is 86.6 Å². The van der Waals surface area contributed by atoms with Gasteiger partial charge in [0, 0.05) is 22.9 Å². The van der Waals surface area contributed by atoms with Gasteiger partial charge in [0.15, 0.2) is 0 Å². The Kier molecular flexibility index (Phi) is 7.22. The molecule has 8 aromatic rings. The third-order valence-corrected chi connectivity index (χ3v) is 8.51. The fourth-order valence-electron chi connectivity index (χ4n) is 6.17. The third-order valence-electron chi connectivity index (χ3n) is 8.51. The molecule has 6 aromatic carbocycles. The quantitative estimate of drug-likeness (QED) is 0.194. The third kappa shape index (κ3) is 5.49.